The molecule has 0 fully saturated rings. The van der Waals surface area contributed by atoms with Gasteiger partial charge in [0.25, 0.3) is 0 Å². The zero-order valence-electron chi connectivity index (χ0n) is 61.5. The van der Waals surface area contributed by atoms with Gasteiger partial charge in [-0.05, 0) is 181 Å². The lowest BCUT2D eigenvalue weighted by molar-refractivity contribution is 0.723. The Kier molecular flexibility index (Phi) is 15.2. The van der Waals surface area contributed by atoms with E-state index in [1.54, 1.807) is 0 Å². The highest BCUT2D eigenvalue weighted by Gasteiger charge is 2.52. The first-order chi connectivity index (χ1) is 56.5. The normalized spacial score (nSPS) is 13.3. The average molecular weight is 1490 g/mol. The van der Waals surface area contributed by atoms with Crippen LogP contribution in [0.3, 0.4) is 0 Å². The topological polar surface area (TPSA) is 77.3 Å². The van der Waals surface area contributed by atoms with Crippen molar-refractivity contribution in [2.75, 3.05) is 0 Å². The minimum Gasteiger partial charge on any atom is -0.208 e. The van der Waals surface area contributed by atoms with E-state index in [0.717, 1.165) is 99.4 Å². The molecule has 0 amide bonds. The number of hydrogen-bond acceptors (Lipinski definition) is 8. The van der Waals surface area contributed by atoms with Gasteiger partial charge in [-0.2, -0.15) is 0 Å². The van der Waals surface area contributed by atoms with Crippen LogP contribution < -0.4 is 0 Å². The van der Waals surface area contributed by atoms with E-state index in [4.69, 9.17) is 29.9 Å². The Bertz CT molecular complexity index is 7110. The van der Waals surface area contributed by atoms with Crippen molar-refractivity contribution in [1.82, 2.24) is 29.9 Å². The number of aromatic nitrogens is 6. The van der Waals surface area contributed by atoms with E-state index < -0.39 is 10.8 Å². The smallest absolute Gasteiger partial charge is 0.164 e. The quantitative estimate of drug-likeness (QED) is 0.134. The summed E-state index contributed by atoms with van der Waals surface area (Å²) in [6.45, 7) is 0. The molecule has 530 valence electrons. The van der Waals surface area contributed by atoms with Crippen LogP contribution in [0.25, 0.3) is 157 Å². The van der Waals surface area contributed by atoms with Crippen LogP contribution in [0, 0.1) is 0 Å². The minimum absolute atomic E-state index is 0.523. The number of fused-ring (bicyclic) bond motifs is 20. The molecule has 6 nitrogen and oxygen atoms in total. The van der Waals surface area contributed by atoms with Crippen molar-refractivity contribution in [3.8, 4) is 135 Å². The first-order valence-electron chi connectivity index (χ1n) is 38.7. The van der Waals surface area contributed by atoms with Gasteiger partial charge in [-0.25, -0.2) is 29.9 Å². The Morgan fingerprint density at radius 2 is 0.500 bits per heavy atom. The number of hydrogen-bond donors (Lipinski definition) is 0. The second-order valence-electron chi connectivity index (χ2n) is 29.8. The third kappa shape index (κ3) is 10.2. The summed E-state index contributed by atoms with van der Waals surface area (Å²) >= 11 is 3.71. The van der Waals surface area contributed by atoms with Gasteiger partial charge in [-0.3, -0.25) is 0 Å². The van der Waals surface area contributed by atoms with Crippen LogP contribution >= 0.6 is 23.5 Å². The van der Waals surface area contributed by atoms with Crippen molar-refractivity contribution in [3.63, 3.8) is 0 Å². The molecule has 0 N–H and O–H groups in total. The zero-order chi connectivity index (χ0) is 75.0. The number of nitrogens with zero attached hydrogens (tertiary/aromatic N) is 6. The molecule has 0 radical (unpaired) electrons. The van der Waals surface area contributed by atoms with E-state index in [0.29, 0.717) is 34.9 Å². The molecule has 23 rings (SSSR count). The fourth-order valence-electron chi connectivity index (χ4n) is 18.8. The van der Waals surface area contributed by atoms with Gasteiger partial charge < -0.3 is 0 Å². The first kappa shape index (κ1) is 65.8. The molecular weight excluding hydrogens is 1420 g/mol. The van der Waals surface area contributed by atoms with Gasteiger partial charge in [0.05, 0.1) is 10.8 Å². The molecule has 17 aromatic carbocycles. The molecule has 0 atom stereocenters. The SMILES string of the molecule is c1ccc(-c2nc(-c3ccccc3-c3ccc4c(c3)C3(c5ccccc5S4)c4ccccc4-c4ccccc43)nc(-c3cccc4cc(-c5ccc6c(c5)Sc5ccc(-c7ccccc7-c7nc(-c8ccccc8)nc(-c8ccc(-c9ccccc9)c9ccccc89)n7)cc5C65c6ccccc6-c6ccccc65)ccc34)n2)cc1. The minimum atomic E-state index is -0.661. The van der Waals surface area contributed by atoms with Crippen molar-refractivity contribution in [2.24, 2.45) is 0 Å². The van der Waals surface area contributed by atoms with Crippen molar-refractivity contribution in [2.45, 2.75) is 30.4 Å². The monoisotopic (exact) mass is 1480 g/mol. The van der Waals surface area contributed by atoms with E-state index in [-0.39, 0.29) is 0 Å². The van der Waals surface area contributed by atoms with Crippen molar-refractivity contribution >= 4 is 45.1 Å². The van der Waals surface area contributed by atoms with E-state index in [1.807, 2.05) is 47.8 Å². The van der Waals surface area contributed by atoms with Crippen LogP contribution in [0.2, 0.25) is 0 Å². The van der Waals surface area contributed by atoms with Crippen LogP contribution in [0.5, 0.6) is 0 Å². The summed E-state index contributed by atoms with van der Waals surface area (Å²) in [5, 5.41) is 4.34. The van der Waals surface area contributed by atoms with E-state index in [1.165, 1.54) is 86.3 Å². The molecule has 8 heteroatoms. The van der Waals surface area contributed by atoms with Gasteiger partial charge in [0.1, 0.15) is 0 Å². The molecule has 0 saturated carbocycles. The third-order valence-corrected chi connectivity index (χ3v) is 26.1. The van der Waals surface area contributed by atoms with Crippen LogP contribution in [0.15, 0.2) is 408 Å². The number of benzene rings is 17. The average Bonchev–Trinajstić information content (AvgIpc) is 1.49. The molecule has 19 aromatic rings. The number of rotatable bonds is 10. The molecule has 0 bridgehead atoms. The zero-order valence-corrected chi connectivity index (χ0v) is 63.1. The molecule has 2 aliphatic heterocycles. The lowest BCUT2D eigenvalue weighted by Gasteiger charge is -2.40. The summed E-state index contributed by atoms with van der Waals surface area (Å²) in [7, 11) is 0. The van der Waals surface area contributed by atoms with E-state index in [9.17, 15) is 0 Å². The van der Waals surface area contributed by atoms with Crippen LogP contribution in [0.1, 0.15) is 44.5 Å². The first-order valence-corrected chi connectivity index (χ1v) is 40.3. The van der Waals surface area contributed by atoms with Gasteiger partial charge in [0.15, 0.2) is 34.9 Å². The van der Waals surface area contributed by atoms with Crippen LogP contribution in [0.4, 0.5) is 0 Å². The molecule has 2 spiro atoms. The maximum Gasteiger partial charge on any atom is 0.164 e. The Hall–Kier alpha value is -14.0. The highest BCUT2D eigenvalue weighted by atomic mass is 32.2. The second kappa shape index (κ2) is 26.3. The molecular formula is C106H64N6S2. The summed E-state index contributed by atoms with van der Waals surface area (Å²) in [5.41, 5.74) is 28.4. The summed E-state index contributed by atoms with van der Waals surface area (Å²) in [6.07, 6.45) is 0. The highest BCUT2D eigenvalue weighted by Crippen LogP contribution is 2.65. The molecule has 4 heterocycles. The van der Waals surface area contributed by atoms with Gasteiger partial charge in [-0.15, -0.1) is 0 Å². The van der Waals surface area contributed by atoms with Crippen LogP contribution in [-0.2, 0) is 10.8 Å². The van der Waals surface area contributed by atoms with Gasteiger partial charge >= 0.3 is 0 Å². The highest BCUT2D eigenvalue weighted by molar-refractivity contribution is 7.99. The maximum atomic E-state index is 5.55. The van der Waals surface area contributed by atoms with Gasteiger partial charge in [0, 0.05) is 53.0 Å². The largest absolute Gasteiger partial charge is 0.208 e. The molecule has 2 aromatic heterocycles. The lowest BCUT2D eigenvalue weighted by atomic mass is 9.66. The Labute approximate surface area is 668 Å². The van der Waals surface area contributed by atoms with Gasteiger partial charge in [-0.1, -0.05) is 363 Å². The third-order valence-electron chi connectivity index (χ3n) is 23.8. The summed E-state index contributed by atoms with van der Waals surface area (Å²) in [4.78, 5) is 37.4. The fourth-order valence-corrected chi connectivity index (χ4v) is 21.2. The van der Waals surface area contributed by atoms with Crippen molar-refractivity contribution in [1.29, 1.82) is 0 Å². The standard InChI is InChI=1S/C106H64N6S2/c1-4-27-65(28-5-1)75-56-57-86(78-37-13-12-36-77(75)78)104-110-100(67-31-8-3-9-32-67)108-102(112-104)84-43-15-11-35-74(84)72-54-60-97-94(63-72)106(89-47-22-18-40-81(89)82-41-19-23-48-90(82)106)92-58-52-69(64-98(92)114-97)68-51-55-76-70(61-68)33-26-44-85(76)103-109-99(66-29-6-2-7-30-66)107-101(111-103)83-42-14-10-34-73(83)71-53-59-96-93(62-71)105(91-49-24-25-50-95(91)113-96)87-45-20-16-38-79(87)80-39-17-21-46-88(80)105/h1-64H. The summed E-state index contributed by atoms with van der Waals surface area (Å²) < 4.78 is 0. The molecule has 114 heavy (non-hydrogen) atoms. The molecule has 0 saturated heterocycles. The fraction of sp³-hybridized carbons (Fsp3) is 0.0189. The lowest BCUT2D eigenvalue weighted by Crippen LogP contribution is -2.32. The summed E-state index contributed by atoms with van der Waals surface area (Å²) in [5.74, 6) is 3.65. The Balaban J connectivity index is 0.627. The Morgan fingerprint density at radius 1 is 0.158 bits per heavy atom. The maximum absolute atomic E-state index is 5.55. The van der Waals surface area contributed by atoms with Crippen molar-refractivity contribution in [3.05, 3.63) is 433 Å². The second-order valence-corrected chi connectivity index (χ2v) is 31.9. The molecule has 4 aliphatic rings. The van der Waals surface area contributed by atoms with Crippen LogP contribution in [-0.4, -0.2) is 29.9 Å². The molecule has 2 aliphatic carbocycles. The van der Waals surface area contributed by atoms with Crippen molar-refractivity contribution < 1.29 is 0 Å². The van der Waals surface area contributed by atoms with E-state index in [2.05, 4.69) is 364 Å². The van der Waals surface area contributed by atoms with E-state index >= 15 is 0 Å². The molecule has 0 unspecified atom stereocenters. The predicted molar refractivity (Wildman–Crippen MR) is 465 cm³/mol. The predicted octanol–water partition coefficient (Wildman–Crippen LogP) is 26.7. The summed E-state index contributed by atoms with van der Waals surface area (Å²) in [6, 6.07) is 141. The Morgan fingerprint density at radius 3 is 1.02 bits per heavy atom. The van der Waals surface area contributed by atoms with Gasteiger partial charge in [0.2, 0.25) is 0 Å².